The summed E-state index contributed by atoms with van der Waals surface area (Å²) in [7, 11) is 0. The Bertz CT molecular complexity index is 678. The first kappa shape index (κ1) is 16.1. The van der Waals surface area contributed by atoms with Crippen LogP contribution >= 0.6 is 11.8 Å². The monoisotopic (exact) mass is 331 g/mol. The van der Waals surface area contributed by atoms with E-state index in [0.717, 1.165) is 36.5 Å². The van der Waals surface area contributed by atoms with Crippen molar-refractivity contribution in [2.45, 2.75) is 43.0 Å². The molecule has 1 fully saturated rings. The second-order valence-electron chi connectivity index (χ2n) is 5.81. The van der Waals surface area contributed by atoms with Crippen molar-refractivity contribution in [1.29, 1.82) is 0 Å². The number of thioether (sulfide) groups is 1. The van der Waals surface area contributed by atoms with E-state index >= 15 is 0 Å². The van der Waals surface area contributed by atoms with Crippen molar-refractivity contribution in [3.8, 4) is 5.69 Å². The van der Waals surface area contributed by atoms with Crippen LogP contribution in [0, 0.1) is 0 Å². The van der Waals surface area contributed by atoms with Gasteiger partial charge in [-0.05, 0) is 50.1 Å². The van der Waals surface area contributed by atoms with Gasteiger partial charge in [0, 0.05) is 29.7 Å². The number of aliphatic hydroxyl groups is 1. The van der Waals surface area contributed by atoms with E-state index in [4.69, 9.17) is 0 Å². The Morgan fingerprint density at radius 3 is 2.87 bits per heavy atom. The van der Waals surface area contributed by atoms with Crippen LogP contribution in [-0.4, -0.2) is 39.0 Å². The molecule has 122 valence electrons. The highest BCUT2D eigenvalue weighted by Crippen LogP contribution is 2.21. The SMILES string of the molecule is CSc1nccn1-c1cccc(C(=O)NC2CCC(O)CC2)c1. The van der Waals surface area contributed by atoms with Crippen molar-refractivity contribution in [2.24, 2.45) is 0 Å². The number of benzene rings is 1. The number of carbonyl (C=O) groups excluding carboxylic acids is 1. The first-order valence-corrected chi connectivity index (χ1v) is 9.06. The predicted molar refractivity (Wildman–Crippen MR) is 91.1 cm³/mol. The van der Waals surface area contributed by atoms with E-state index in [1.165, 1.54) is 0 Å². The van der Waals surface area contributed by atoms with Gasteiger partial charge in [-0.15, -0.1) is 0 Å². The molecule has 1 heterocycles. The highest BCUT2D eigenvalue weighted by Gasteiger charge is 2.21. The van der Waals surface area contributed by atoms with Crippen molar-refractivity contribution in [3.05, 3.63) is 42.2 Å². The van der Waals surface area contributed by atoms with Gasteiger partial charge in [0.15, 0.2) is 5.16 Å². The number of aromatic nitrogens is 2. The summed E-state index contributed by atoms with van der Waals surface area (Å²) in [4.78, 5) is 16.8. The fraction of sp³-hybridized carbons (Fsp3) is 0.412. The first-order chi connectivity index (χ1) is 11.2. The maximum absolute atomic E-state index is 12.5. The molecule has 1 aliphatic carbocycles. The van der Waals surface area contributed by atoms with Gasteiger partial charge >= 0.3 is 0 Å². The van der Waals surface area contributed by atoms with E-state index in [1.807, 2.05) is 41.3 Å². The number of rotatable bonds is 4. The number of imidazole rings is 1. The number of carbonyl (C=O) groups is 1. The number of nitrogens with zero attached hydrogens (tertiary/aromatic N) is 2. The van der Waals surface area contributed by atoms with Crippen molar-refractivity contribution in [3.63, 3.8) is 0 Å². The molecule has 0 aliphatic heterocycles. The highest BCUT2D eigenvalue weighted by molar-refractivity contribution is 7.98. The average Bonchev–Trinajstić information content (AvgIpc) is 3.06. The summed E-state index contributed by atoms with van der Waals surface area (Å²) in [5.41, 5.74) is 1.58. The third-order valence-electron chi connectivity index (χ3n) is 4.21. The zero-order valence-electron chi connectivity index (χ0n) is 13.1. The Morgan fingerprint density at radius 1 is 1.35 bits per heavy atom. The molecular weight excluding hydrogens is 310 g/mol. The Labute approximate surface area is 140 Å². The molecule has 0 saturated heterocycles. The fourth-order valence-corrected chi connectivity index (χ4v) is 3.45. The lowest BCUT2D eigenvalue weighted by atomic mass is 9.93. The summed E-state index contributed by atoms with van der Waals surface area (Å²) < 4.78 is 1.97. The van der Waals surface area contributed by atoms with E-state index in [1.54, 1.807) is 18.0 Å². The van der Waals surface area contributed by atoms with Crippen molar-refractivity contribution in [2.75, 3.05) is 6.26 Å². The van der Waals surface area contributed by atoms with Gasteiger partial charge in [-0.2, -0.15) is 0 Å². The summed E-state index contributed by atoms with van der Waals surface area (Å²) in [5.74, 6) is -0.0564. The molecule has 23 heavy (non-hydrogen) atoms. The van der Waals surface area contributed by atoms with Crippen LogP contribution in [-0.2, 0) is 0 Å². The Kier molecular flexibility index (Phi) is 5.03. The van der Waals surface area contributed by atoms with Gasteiger partial charge in [0.2, 0.25) is 0 Å². The zero-order valence-corrected chi connectivity index (χ0v) is 13.9. The minimum absolute atomic E-state index is 0.0564. The topological polar surface area (TPSA) is 67.2 Å². The molecule has 5 nitrogen and oxygen atoms in total. The molecule has 1 aromatic carbocycles. The molecule has 1 aromatic heterocycles. The zero-order chi connectivity index (χ0) is 16.2. The molecule has 0 radical (unpaired) electrons. The number of nitrogens with one attached hydrogen (secondary N) is 1. The van der Waals surface area contributed by atoms with Crippen molar-refractivity contribution >= 4 is 17.7 Å². The lowest BCUT2D eigenvalue weighted by Crippen LogP contribution is -2.38. The predicted octanol–water partition coefficient (Wildman–Crippen LogP) is 2.63. The van der Waals surface area contributed by atoms with Gasteiger partial charge in [0.1, 0.15) is 0 Å². The van der Waals surface area contributed by atoms with Crippen LogP contribution in [0.3, 0.4) is 0 Å². The summed E-state index contributed by atoms with van der Waals surface area (Å²) >= 11 is 1.57. The third-order valence-corrected chi connectivity index (χ3v) is 4.88. The molecule has 6 heteroatoms. The van der Waals surface area contributed by atoms with Crippen molar-refractivity contribution < 1.29 is 9.90 Å². The van der Waals surface area contributed by atoms with Gasteiger partial charge in [-0.1, -0.05) is 17.8 Å². The third kappa shape index (κ3) is 3.76. The van der Waals surface area contributed by atoms with Crippen LogP contribution in [0.2, 0.25) is 0 Å². The summed E-state index contributed by atoms with van der Waals surface area (Å²) in [6.45, 7) is 0. The Morgan fingerprint density at radius 2 is 2.13 bits per heavy atom. The largest absolute Gasteiger partial charge is 0.393 e. The van der Waals surface area contributed by atoms with Crippen LogP contribution in [0.25, 0.3) is 5.69 Å². The van der Waals surface area contributed by atoms with E-state index in [2.05, 4.69) is 10.3 Å². The molecule has 1 aliphatic rings. The van der Waals surface area contributed by atoms with Gasteiger partial charge in [0.25, 0.3) is 5.91 Å². The molecule has 0 spiro atoms. The van der Waals surface area contributed by atoms with E-state index in [-0.39, 0.29) is 18.1 Å². The average molecular weight is 331 g/mol. The standard InChI is InChI=1S/C17H21N3O2S/c1-23-17-18-9-10-20(17)14-4-2-3-12(11-14)16(22)19-13-5-7-15(21)8-6-13/h2-4,9-11,13,15,21H,5-8H2,1H3,(H,19,22). The second kappa shape index (κ2) is 7.19. The summed E-state index contributed by atoms with van der Waals surface area (Å²) in [6.07, 6.45) is 8.62. The number of amides is 1. The van der Waals surface area contributed by atoms with Crippen LogP contribution in [0.15, 0.2) is 41.8 Å². The van der Waals surface area contributed by atoms with E-state index < -0.39 is 0 Å². The molecule has 0 unspecified atom stereocenters. The van der Waals surface area contributed by atoms with E-state index in [9.17, 15) is 9.90 Å². The second-order valence-corrected chi connectivity index (χ2v) is 6.59. The normalized spacial score (nSPS) is 21.1. The van der Waals surface area contributed by atoms with Crippen LogP contribution in [0.4, 0.5) is 0 Å². The smallest absolute Gasteiger partial charge is 0.251 e. The molecule has 2 aromatic rings. The lowest BCUT2D eigenvalue weighted by Gasteiger charge is -2.26. The van der Waals surface area contributed by atoms with Crippen LogP contribution < -0.4 is 5.32 Å². The maximum atomic E-state index is 12.5. The Hall–Kier alpha value is -1.79. The molecule has 3 rings (SSSR count). The Balaban J connectivity index is 1.73. The number of hydrogen-bond acceptors (Lipinski definition) is 4. The quantitative estimate of drug-likeness (QED) is 0.845. The molecule has 1 amide bonds. The van der Waals surface area contributed by atoms with Gasteiger partial charge in [0.05, 0.1) is 6.10 Å². The summed E-state index contributed by atoms with van der Waals surface area (Å²) in [5, 5.41) is 13.5. The maximum Gasteiger partial charge on any atom is 0.251 e. The summed E-state index contributed by atoms with van der Waals surface area (Å²) in [6, 6.07) is 7.72. The minimum Gasteiger partial charge on any atom is -0.393 e. The fourth-order valence-electron chi connectivity index (χ4n) is 2.92. The van der Waals surface area contributed by atoms with Crippen molar-refractivity contribution in [1.82, 2.24) is 14.9 Å². The molecule has 0 atom stereocenters. The molecule has 2 N–H and O–H groups in total. The molecule has 1 saturated carbocycles. The van der Waals surface area contributed by atoms with E-state index in [0.29, 0.717) is 5.56 Å². The number of hydrogen-bond donors (Lipinski definition) is 2. The first-order valence-electron chi connectivity index (χ1n) is 7.84. The molecule has 0 bridgehead atoms. The van der Waals surface area contributed by atoms with Gasteiger partial charge < -0.3 is 10.4 Å². The molecular formula is C17H21N3O2S. The minimum atomic E-state index is -0.210. The van der Waals surface area contributed by atoms with Gasteiger partial charge in [-0.25, -0.2) is 4.98 Å². The van der Waals surface area contributed by atoms with Crippen LogP contribution in [0.5, 0.6) is 0 Å². The number of aliphatic hydroxyl groups excluding tert-OH is 1. The highest BCUT2D eigenvalue weighted by atomic mass is 32.2. The van der Waals surface area contributed by atoms with Crippen LogP contribution in [0.1, 0.15) is 36.0 Å². The lowest BCUT2D eigenvalue weighted by molar-refractivity contribution is 0.0867. The van der Waals surface area contributed by atoms with Gasteiger partial charge in [-0.3, -0.25) is 9.36 Å².